The van der Waals surface area contributed by atoms with Gasteiger partial charge in [-0.1, -0.05) is 25.3 Å². The molecule has 0 aromatic carbocycles. The number of allylic oxidation sites excluding steroid dienone is 5. The van der Waals surface area contributed by atoms with Crippen LogP contribution in [0.2, 0.25) is 0 Å². The molecule has 0 aromatic rings. The first-order valence-electron chi connectivity index (χ1n) is 2.80. The minimum atomic E-state index is 1.03. The summed E-state index contributed by atoms with van der Waals surface area (Å²) in [6.07, 6.45) is 7.41. The van der Waals surface area contributed by atoms with Crippen LogP contribution < -0.4 is 0 Å². The minimum absolute atomic E-state index is 1.03. The second-order valence-corrected chi connectivity index (χ2v) is 1.75. The van der Waals surface area contributed by atoms with Crippen molar-refractivity contribution in [3.63, 3.8) is 0 Å². The van der Waals surface area contributed by atoms with Gasteiger partial charge in [0.15, 0.2) is 0 Å². The van der Waals surface area contributed by atoms with E-state index >= 15 is 0 Å². The Morgan fingerprint density at radius 1 is 1.33 bits per heavy atom. The predicted molar refractivity (Wildman–Crippen MR) is 40.1 cm³/mol. The summed E-state index contributed by atoms with van der Waals surface area (Å²) in [5.41, 5.74) is 5.15. The lowest BCUT2D eigenvalue weighted by atomic mass is 10.1. The Bertz CT molecular complexity index is 233. The first-order chi connectivity index (χ1) is 4.38. The van der Waals surface area contributed by atoms with Crippen LogP contribution in [0.4, 0.5) is 0 Å². The number of hydrogen-bond acceptors (Lipinski definition) is 0. The summed E-state index contributed by atoms with van der Waals surface area (Å²) in [5.74, 6) is 0. The molecular weight excluding hydrogens is 108 g/mol. The van der Waals surface area contributed by atoms with Crippen molar-refractivity contribution in [1.82, 2.24) is 0 Å². The van der Waals surface area contributed by atoms with Crippen molar-refractivity contribution in [2.24, 2.45) is 0 Å². The summed E-state index contributed by atoms with van der Waals surface area (Å²) in [6, 6.07) is 0. The molecule has 0 amide bonds. The standard InChI is InChI=1S/C9H8/c1-3-8-6-5-7-9(8)4-2/h3-6H,1-2H2. The summed E-state index contributed by atoms with van der Waals surface area (Å²) < 4.78 is 0. The lowest BCUT2D eigenvalue weighted by Crippen LogP contribution is -1.73. The van der Waals surface area contributed by atoms with Gasteiger partial charge in [0.2, 0.25) is 0 Å². The lowest BCUT2D eigenvalue weighted by molar-refractivity contribution is 1.63. The van der Waals surface area contributed by atoms with Crippen molar-refractivity contribution in [3.8, 4) is 0 Å². The van der Waals surface area contributed by atoms with E-state index in [4.69, 9.17) is 0 Å². The molecule has 1 aliphatic carbocycles. The normalized spacial score (nSPS) is 14.7. The van der Waals surface area contributed by atoms with E-state index in [2.05, 4.69) is 18.9 Å². The SMILES string of the molecule is C=CC1=C=CC=C1C=C. The van der Waals surface area contributed by atoms with E-state index < -0.39 is 0 Å². The van der Waals surface area contributed by atoms with Crippen LogP contribution in [0.3, 0.4) is 0 Å². The molecule has 0 N–H and O–H groups in total. The van der Waals surface area contributed by atoms with Crippen LogP contribution in [0.5, 0.6) is 0 Å². The summed E-state index contributed by atoms with van der Waals surface area (Å²) in [6.45, 7) is 7.28. The van der Waals surface area contributed by atoms with Gasteiger partial charge < -0.3 is 0 Å². The first kappa shape index (κ1) is 5.87. The topological polar surface area (TPSA) is 0 Å². The average molecular weight is 116 g/mol. The van der Waals surface area contributed by atoms with Crippen molar-refractivity contribution < 1.29 is 0 Å². The molecule has 1 aliphatic rings. The highest BCUT2D eigenvalue weighted by Gasteiger charge is 1.96. The molecule has 0 heterocycles. The van der Waals surface area contributed by atoms with Gasteiger partial charge in [-0.05, 0) is 17.7 Å². The molecule has 44 valence electrons. The van der Waals surface area contributed by atoms with Gasteiger partial charge in [0, 0.05) is 5.57 Å². The molecule has 0 saturated heterocycles. The van der Waals surface area contributed by atoms with Crippen LogP contribution in [0, 0.1) is 0 Å². The fourth-order valence-corrected chi connectivity index (χ4v) is 0.749. The Hall–Kier alpha value is -1.26. The van der Waals surface area contributed by atoms with Crippen LogP contribution >= 0.6 is 0 Å². The van der Waals surface area contributed by atoms with Gasteiger partial charge in [0.25, 0.3) is 0 Å². The van der Waals surface area contributed by atoms with Gasteiger partial charge >= 0.3 is 0 Å². The third kappa shape index (κ3) is 0.933. The van der Waals surface area contributed by atoms with Gasteiger partial charge in [0.1, 0.15) is 0 Å². The Labute approximate surface area is 55.2 Å². The van der Waals surface area contributed by atoms with Crippen molar-refractivity contribution in [3.05, 3.63) is 54.3 Å². The van der Waals surface area contributed by atoms with Gasteiger partial charge in [-0.25, -0.2) is 0 Å². The molecule has 0 bridgehead atoms. The van der Waals surface area contributed by atoms with Gasteiger partial charge in [-0.2, -0.15) is 0 Å². The van der Waals surface area contributed by atoms with Crippen LogP contribution in [-0.4, -0.2) is 0 Å². The molecule has 1 rings (SSSR count). The molecule has 0 aromatic heterocycles. The Balaban J connectivity index is 2.97. The maximum Gasteiger partial charge on any atom is 0.0231 e. The minimum Gasteiger partial charge on any atom is -0.112 e. The zero-order chi connectivity index (χ0) is 6.69. The molecule has 0 nitrogen and oxygen atoms in total. The summed E-state index contributed by atoms with van der Waals surface area (Å²) in [7, 11) is 0. The third-order valence-electron chi connectivity index (χ3n) is 1.24. The smallest absolute Gasteiger partial charge is 0.0231 e. The van der Waals surface area contributed by atoms with Gasteiger partial charge in [-0.15, -0.1) is 5.73 Å². The van der Waals surface area contributed by atoms with Crippen molar-refractivity contribution in [2.45, 2.75) is 0 Å². The van der Waals surface area contributed by atoms with Crippen molar-refractivity contribution >= 4 is 0 Å². The van der Waals surface area contributed by atoms with Crippen molar-refractivity contribution in [1.29, 1.82) is 0 Å². The molecule has 0 saturated carbocycles. The predicted octanol–water partition coefficient (Wildman–Crippen LogP) is 2.38. The molecule has 0 atom stereocenters. The second kappa shape index (κ2) is 2.34. The quantitative estimate of drug-likeness (QED) is 0.486. The van der Waals surface area contributed by atoms with E-state index in [1.54, 1.807) is 12.2 Å². The maximum absolute atomic E-state index is 3.64. The number of rotatable bonds is 2. The maximum atomic E-state index is 3.64. The third-order valence-corrected chi connectivity index (χ3v) is 1.24. The van der Waals surface area contributed by atoms with Crippen LogP contribution in [-0.2, 0) is 0 Å². The van der Waals surface area contributed by atoms with Crippen molar-refractivity contribution in [2.75, 3.05) is 0 Å². The highest BCUT2D eigenvalue weighted by atomic mass is 14.0. The van der Waals surface area contributed by atoms with E-state index in [9.17, 15) is 0 Å². The lowest BCUT2D eigenvalue weighted by Gasteiger charge is -1.91. The Morgan fingerprint density at radius 2 is 2.11 bits per heavy atom. The molecule has 0 heteroatoms. The van der Waals surface area contributed by atoms with Crippen LogP contribution in [0.15, 0.2) is 54.3 Å². The summed E-state index contributed by atoms with van der Waals surface area (Å²) in [5, 5.41) is 0. The second-order valence-electron chi connectivity index (χ2n) is 1.75. The zero-order valence-electron chi connectivity index (χ0n) is 5.22. The number of hydrogen-bond donors (Lipinski definition) is 0. The molecular formula is C9H8. The average Bonchev–Trinajstić information content (AvgIpc) is 2.33. The fourth-order valence-electron chi connectivity index (χ4n) is 0.749. The van der Waals surface area contributed by atoms with Crippen LogP contribution in [0.25, 0.3) is 0 Å². The molecule has 0 unspecified atom stereocenters. The van der Waals surface area contributed by atoms with E-state index in [0.29, 0.717) is 0 Å². The molecule has 0 aliphatic heterocycles. The first-order valence-corrected chi connectivity index (χ1v) is 2.80. The van der Waals surface area contributed by atoms with E-state index in [1.807, 2.05) is 12.2 Å². The molecule has 0 fully saturated rings. The Morgan fingerprint density at radius 3 is 2.56 bits per heavy atom. The van der Waals surface area contributed by atoms with Gasteiger partial charge in [0.05, 0.1) is 0 Å². The van der Waals surface area contributed by atoms with E-state index in [-0.39, 0.29) is 0 Å². The van der Waals surface area contributed by atoms with Crippen LogP contribution in [0.1, 0.15) is 0 Å². The Kier molecular flexibility index (Phi) is 1.53. The largest absolute Gasteiger partial charge is 0.112 e. The molecule has 0 radical (unpaired) electrons. The highest BCUT2D eigenvalue weighted by Crippen LogP contribution is 2.14. The monoisotopic (exact) mass is 116 g/mol. The van der Waals surface area contributed by atoms with Gasteiger partial charge in [-0.3, -0.25) is 0 Å². The zero-order valence-corrected chi connectivity index (χ0v) is 5.22. The fraction of sp³-hybridized carbons (Fsp3) is 0. The van der Waals surface area contributed by atoms with E-state index in [0.717, 1.165) is 11.1 Å². The molecule has 0 spiro atoms. The van der Waals surface area contributed by atoms with E-state index in [1.165, 1.54) is 0 Å². The highest BCUT2D eigenvalue weighted by molar-refractivity contribution is 5.50. The summed E-state index contributed by atoms with van der Waals surface area (Å²) in [4.78, 5) is 0. The molecule has 9 heavy (non-hydrogen) atoms. The summed E-state index contributed by atoms with van der Waals surface area (Å²) >= 11 is 0.